The Morgan fingerprint density at radius 3 is 2.05 bits per heavy atom. The molecule has 0 spiro atoms. The van der Waals surface area contributed by atoms with Crippen molar-refractivity contribution in [3.63, 3.8) is 0 Å². The number of likely N-dealkylation sites (tertiary alicyclic amines) is 2. The van der Waals surface area contributed by atoms with Gasteiger partial charge in [-0.3, -0.25) is 14.4 Å². The molecule has 0 aromatic carbocycles. The Labute approximate surface area is 350 Å². The number of esters is 1. The number of fused-ring (bicyclic) bond motifs is 7. The second-order valence-electron chi connectivity index (χ2n) is 24.7. The van der Waals surface area contributed by atoms with Crippen LogP contribution in [0.4, 0.5) is 0 Å². The van der Waals surface area contributed by atoms with Crippen molar-refractivity contribution in [1.29, 1.82) is 0 Å². The van der Waals surface area contributed by atoms with Crippen molar-refractivity contribution in [2.75, 3.05) is 32.8 Å². The largest absolute Gasteiger partial charge is 0.481 e. The lowest BCUT2D eigenvalue weighted by molar-refractivity contribution is -0.253. The standard InChI is InChI=1S/C50H80N2O6/c1-44(2)35(41(54)55)28-36(44)42(56)58-39-15-18-47(6)37(45(39,3)4)14-19-49(8)38(47)12-11-34-40-33(46(5)21-22-46)13-20-50(40,24-23-48(34,49)7)43(57)52-25-9-10-32(52)29-51-26-16-31(30-53)17-27-51/h31-40,53H,9-30H2,1-8H3,(H,54,55)/t32-,33+,34+,35-,36+,37-,38+,39-,40+,47-,48+,49+,50-/m0/s1. The number of amides is 1. The van der Waals surface area contributed by atoms with Crippen LogP contribution in [0, 0.1) is 85.2 Å². The van der Waals surface area contributed by atoms with Crippen LogP contribution in [0.25, 0.3) is 0 Å². The Morgan fingerprint density at radius 1 is 0.672 bits per heavy atom. The van der Waals surface area contributed by atoms with Gasteiger partial charge in [-0.15, -0.1) is 0 Å². The maximum absolute atomic E-state index is 15.6. The molecular weight excluding hydrogens is 725 g/mol. The normalized spacial score (nSPS) is 47.8. The fraction of sp³-hybridized carbons (Fsp3) is 0.940. The minimum absolute atomic E-state index is 0.143. The molecule has 7 saturated carbocycles. The summed E-state index contributed by atoms with van der Waals surface area (Å²) >= 11 is 0. The summed E-state index contributed by atoms with van der Waals surface area (Å²) in [6, 6.07) is 0.333. The average Bonchev–Trinajstić information content (AvgIpc) is 3.54. The third kappa shape index (κ3) is 5.86. The molecule has 58 heavy (non-hydrogen) atoms. The van der Waals surface area contributed by atoms with Crippen LogP contribution >= 0.6 is 0 Å². The molecule has 7 aliphatic carbocycles. The number of piperidine rings is 1. The first kappa shape index (κ1) is 41.7. The van der Waals surface area contributed by atoms with Crippen LogP contribution in [0.5, 0.6) is 0 Å². The van der Waals surface area contributed by atoms with Crippen LogP contribution in [0.1, 0.15) is 165 Å². The highest BCUT2D eigenvalue weighted by Gasteiger charge is 2.74. The molecule has 9 aliphatic rings. The van der Waals surface area contributed by atoms with E-state index in [0.29, 0.717) is 65.9 Å². The van der Waals surface area contributed by atoms with Gasteiger partial charge in [0.25, 0.3) is 0 Å². The molecule has 326 valence electrons. The molecule has 2 saturated heterocycles. The van der Waals surface area contributed by atoms with Gasteiger partial charge in [0.1, 0.15) is 6.10 Å². The van der Waals surface area contributed by atoms with E-state index in [1.54, 1.807) is 0 Å². The summed E-state index contributed by atoms with van der Waals surface area (Å²) in [6.07, 6.45) is 18.7. The highest BCUT2D eigenvalue weighted by molar-refractivity contribution is 5.84. The molecule has 2 aliphatic heterocycles. The number of aliphatic hydroxyl groups is 1. The third-order valence-electron chi connectivity index (χ3n) is 21.9. The third-order valence-corrected chi connectivity index (χ3v) is 21.9. The molecule has 0 aromatic heterocycles. The fourth-order valence-corrected chi connectivity index (χ4v) is 17.7. The molecule has 2 N–H and O–H groups in total. The van der Waals surface area contributed by atoms with E-state index in [0.717, 1.165) is 84.0 Å². The topological polar surface area (TPSA) is 107 Å². The van der Waals surface area contributed by atoms with Crippen LogP contribution in [-0.2, 0) is 19.1 Å². The van der Waals surface area contributed by atoms with Gasteiger partial charge in [0, 0.05) is 31.2 Å². The fourth-order valence-electron chi connectivity index (χ4n) is 17.7. The Kier molecular flexibility index (Phi) is 10.00. The Hall–Kier alpha value is -1.67. The average molecular weight is 805 g/mol. The summed E-state index contributed by atoms with van der Waals surface area (Å²) in [5.74, 6) is 1.94. The predicted octanol–water partition coefficient (Wildman–Crippen LogP) is 9.22. The van der Waals surface area contributed by atoms with Gasteiger partial charge in [-0.2, -0.15) is 0 Å². The molecular formula is C50H80N2O6. The lowest BCUT2D eigenvalue weighted by atomic mass is 9.32. The van der Waals surface area contributed by atoms with E-state index in [9.17, 15) is 19.8 Å². The molecule has 13 atom stereocenters. The minimum atomic E-state index is -0.806. The van der Waals surface area contributed by atoms with E-state index in [4.69, 9.17) is 4.74 Å². The molecule has 1 amide bonds. The number of carbonyl (C=O) groups excluding carboxylic acids is 2. The van der Waals surface area contributed by atoms with E-state index < -0.39 is 17.3 Å². The van der Waals surface area contributed by atoms with Gasteiger partial charge in [-0.1, -0.05) is 55.4 Å². The Balaban J connectivity index is 0.953. The number of ether oxygens (including phenoxy) is 1. The summed E-state index contributed by atoms with van der Waals surface area (Å²) in [5.41, 5.74) is 0.00646. The highest BCUT2D eigenvalue weighted by Crippen LogP contribution is 2.79. The Morgan fingerprint density at radius 2 is 1.40 bits per heavy atom. The van der Waals surface area contributed by atoms with Gasteiger partial charge >= 0.3 is 11.9 Å². The molecule has 0 unspecified atom stereocenters. The molecule has 9 fully saturated rings. The van der Waals surface area contributed by atoms with Crippen molar-refractivity contribution in [2.24, 2.45) is 85.2 Å². The van der Waals surface area contributed by atoms with E-state index in [1.807, 2.05) is 13.8 Å². The van der Waals surface area contributed by atoms with Gasteiger partial charge in [0.2, 0.25) is 5.91 Å². The number of aliphatic carboxylic acids is 1. The van der Waals surface area contributed by atoms with Crippen molar-refractivity contribution in [2.45, 2.75) is 177 Å². The van der Waals surface area contributed by atoms with Gasteiger partial charge in [-0.25, -0.2) is 0 Å². The van der Waals surface area contributed by atoms with E-state index in [-0.39, 0.29) is 45.1 Å². The number of hydrogen-bond donors (Lipinski definition) is 2. The zero-order valence-corrected chi connectivity index (χ0v) is 37.8. The van der Waals surface area contributed by atoms with Crippen molar-refractivity contribution in [3.05, 3.63) is 0 Å². The summed E-state index contributed by atoms with van der Waals surface area (Å²) in [7, 11) is 0. The van der Waals surface area contributed by atoms with Crippen molar-refractivity contribution in [3.8, 4) is 0 Å². The van der Waals surface area contributed by atoms with E-state index >= 15 is 4.79 Å². The van der Waals surface area contributed by atoms with Gasteiger partial charge in [0.15, 0.2) is 0 Å². The Bertz CT molecular complexity index is 1650. The van der Waals surface area contributed by atoms with Gasteiger partial charge in [0.05, 0.1) is 17.3 Å². The van der Waals surface area contributed by atoms with Gasteiger partial charge in [-0.05, 0) is 185 Å². The molecule has 9 rings (SSSR count). The van der Waals surface area contributed by atoms with Crippen molar-refractivity contribution < 1.29 is 29.3 Å². The molecule has 8 heteroatoms. The van der Waals surface area contributed by atoms with Crippen LogP contribution < -0.4 is 0 Å². The molecule has 0 bridgehead atoms. The second-order valence-corrected chi connectivity index (χ2v) is 24.7. The molecule has 0 radical (unpaired) electrons. The first-order chi connectivity index (χ1) is 27.3. The predicted molar refractivity (Wildman–Crippen MR) is 225 cm³/mol. The first-order valence-electron chi connectivity index (χ1n) is 24.3. The lowest BCUT2D eigenvalue weighted by Gasteiger charge is -2.73. The van der Waals surface area contributed by atoms with Crippen molar-refractivity contribution >= 4 is 17.8 Å². The van der Waals surface area contributed by atoms with E-state index in [2.05, 4.69) is 51.3 Å². The zero-order chi connectivity index (χ0) is 41.4. The lowest BCUT2D eigenvalue weighted by Crippen LogP contribution is -2.68. The minimum Gasteiger partial charge on any atom is -0.481 e. The van der Waals surface area contributed by atoms with Crippen LogP contribution in [0.3, 0.4) is 0 Å². The van der Waals surface area contributed by atoms with Crippen LogP contribution in [-0.4, -0.2) is 82.8 Å². The van der Waals surface area contributed by atoms with Crippen LogP contribution in [0.2, 0.25) is 0 Å². The molecule has 8 nitrogen and oxygen atoms in total. The number of carbonyl (C=O) groups is 3. The highest BCUT2D eigenvalue weighted by atomic mass is 16.5. The monoisotopic (exact) mass is 805 g/mol. The smallest absolute Gasteiger partial charge is 0.309 e. The van der Waals surface area contributed by atoms with Gasteiger partial charge < -0.3 is 24.7 Å². The summed E-state index contributed by atoms with van der Waals surface area (Å²) in [6.45, 7) is 23.5. The SMILES string of the molecule is CC1([C@@H]2CC[C@]3(C(=O)N4CCC[C@H]4CN4CCC(CO)CC4)CC[C@]4(C)[C@H](CC[C@@H]5[C@@]6(C)CC[C@H](OC(=O)[C@H]7C[C@@H](C(=O)O)C7(C)C)C(C)(C)[C@@H]6CC[C@]54C)[C@@H]23)CC1. The van der Waals surface area contributed by atoms with Crippen molar-refractivity contribution in [1.82, 2.24) is 9.80 Å². The summed E-state index contributed by atoms with van der Waals surface area (Å²) in [4.78, 5) is 46.1. The van der Waals surface area contributed by atoms with Crippen LogP contribution in [0.15, 0.2) is 0 Å². The first-order valence-corrected chi connectivity index (χ1v) is 24.3. The maximum atomic E-state index is 15.6. The number of rotatable bonds is 8. The second kappa shape index (κ2) is 13.9. The number of hydrogen-bond acceptors (Lipinski definition) is 6. The van der Waals surface area contributed by atoms with E-state index in [1.165, 1.54) is 44.9 Å². The summed E-state index contributed by atoms with van der Waals surface area (Å²) < 4.78 is 6.49. The molecule has 2 heterocycles. The number of carboxylic acids is 1. The number of aliphatic hydroxyl groups excluding tert-OH is 1. The zero-order valence-electron chi connectivity index (χ0n) is 37.8. The number of nitrogens with zero attached hydrogens (tertiary/aromatic N) is 2. The summed E-state index contributed by atoms with van der Waals surface area (Å²) in [5, 5.41) is 19.5. The quantitative estimate of drug-likeness (QED) is 0.236. The maximum Gasteiger partial charge on any atom is 0.309 e. The molecule has 0 aromatic rings. The number of carboxylic acid groups (broad SMARTS) is 1.